The summed E-state index contributed by atoms with van der Waals surface area (Å²) >= 11 is 1.45. The molecule has 8 heteroatoms. The van der Waals surface area contributed by atoms with Crippen molar-refractivity contribution in [3.63, 3.8) is 0 Å². The second-order valence-electron chi connectivity index (χ2n) is 5.34. The van der Waals surface area contributed by atoms with Crippen molar-refractivity contribution >= 4 is 18.0 Å². The second-order valence-corrected chi connectivity index (χ2v) is 6.12. The van der Waals surface area contributed by atoms with Gasteiger partial charge >= 0.3 is 0 Å². The maximum absolute atomic E-state index is 5.77. The third-order valence-corrected chi connectivity index (χ3v) is 4.34. The van der Waals surface area contributed by atoms with Gasteiger partial charge in [0.2, 0.25) is 5.16 Å². The third kappa shape index (κ3) is 4.40. The van der Waals surface area contributed by atoms with Gasteiger partial charge in [-0.15, -0.1) is 10.2 Å². The largest absolute Gasteiger partial charge is 0.493 e. The van der Waals surface area contributed by atoms with Crippen LogP contribution < -0.4 is 14.2 Å². The molecule has 1 aromatic heterocycles. The van der Waals surface area contributed by atoms with Gasteiger partial charge in [0.25, 0.3) is 0 Å². The Bertz CT molecular complexity index is 913. The molecule has 0 saturated carbocycles. The number of para-hydroxylation sites is 2. The van der Waals surface area contributed by atoms with E-state index in [1.165, 1.54) is 11.8 Å². The lowest BCUT2D eigenvalue weighted by molar-refractivity contribution is 0.290. The monoisotopic (exact) mass is 384 g/mol. The van der Waals surface area contributed by atoms with E-state index in [-0.39, 0.29) is 6.61 Å². The summed E-state index contributed by atoms with van der Waals surface area (Å²) in [5, 5.41) is 13.6. The lowest BCUT2D eigenvalue weighted by Gasteiger charge is -2.10. The molecule has 0 radical (unpaired) electrons. The molecule has 0 fully saturated rings. The molecule has 27 heavy (non-hydrogen) atoms. The Labute approximate surface area is 162 Å². The van der Waals surface area contributed by atoms with Crippen molar-refractivity contribution in [3.05, 3.63) is 59.9 Å². The van der Waals surface area contributed by atoms with Crippen LogP contribution in [0.4, 0.5) is 0 Å². The summed E-state index contributed by atoms with van der Waals surface area (Å²) < 4.78 is 18.2. The van der Waals surface area contributed by atoms with Gasteiger partial charge < -0.3 is 14.2 Å². The molecular weight excluding hydrogens is 364 g/mol. The van der Waals surface area contributed by atoms with Gasteiger partial charge in [-0.05, 0) is 30.5 Å². The molecule has 0 spiro atoms. The molecule has 1 heterocycles. The van der Waals surface area contributed by atoms with Gasteiger partial charge in [0, 0.05) is 5.56 Å². The molecule has 0 bridgehead atoms. The summed E-state index contributed by atoms with van der Waals surface area (Å²) in [6, 6.07) is 15.2. The minimum atomic E-state index is 0.254. The van der Waals surface area contributed by atoms with Crippen LogP contribution in [-0.2, 0) is 6.61 Å². The van der Waals surface area contributed by atoms with E-state index < -0.39 is 0 Å². The Balaban J connectivity index is 1.86. The fourth-order valence-corrected chi connectivity index (χ4v) is 2.88. The van der Waals surface area contributed by atoms with E-state index in [1.54, 1.807) is 25.1 Å². The first-order chi connectivity index (χ1) is 13.3. The predicted octanol–water partition coefficient (Wildman–Crippen LogP) is 3.48. The molecular formula is C19H20N4O3S. The van der Waals surface area contributed by atoms with Gasteiger partial charge in [-0.25, -0.2) is 0 Å². The fourth-order valence-electron chi connectivity index (χ4n) is 2.43. The van der Waals surface area contributed by atoms with Crippen LogP contribution in [-0.4, -0.2) is 41.6 Å². The lowest BCUT2D eigenvalue weighted by atomic mass is 10.2. The zero-order valence-corrected chi connectivity index (χ0v) is 16.1. The summed E-state index contributed by atoms with van der Waals surface area (Å²) in [4.78, 5) is 0. The first kappa shape index (κ1) is 18.8. The van der Waals surface area contributed by atoms with Gasteiger partial charge in [-0.1, -0.05) is 36.0 Å². The molecule has 2 aromatic carbocycles. The van der Waals surface area contributed by atoms with E-state index in [0.717, 1.165) is 11.3 Å². The number of benzene rings is 2. The number of thioether (sulfide) groups is 1. The van der Waals surface area contributed by atoms with Gasteiger partial charge in [-0.2, -0.15) is 9.78 Å². The lowest BCUT2D eigenvalue weighted by Crippen LogP contribution is -2.05. The standard InChI is InChI=1S/C19H20N4O3S/c1-24-16-11-7-8-14(18(16)25-2)12-20-23-17(21-22-19(23)27-3)13-26-15-9-5-4-6-10-15/h4-12H,13H2,1-3H3/b20-12-. The number of ether oxygens (including phenoxy) is 3. The second kappa shape index (κ2) is 9.09. The van der Waals surface area contributed by atoms with E-state index >= 15 is 0 Å². The summed E-state index contributed by atoms with van der Waals surface area (Å²) in [5.74, 6) is 2.62. The van der Waals surface area contributed by atoms with E-state index in [2.05, 4.69) is 15.3 Å². The Morgan fingerprint density at radius 3 is 2.56 bits per heavy atom. The Morgan fingerprint density at radius 2 is 1.85 bits per heavy atom. The van der Waals surface area contributed by atoms with Crippen molar-refractivity contribution < 1.29 is 14.2 Å². The SMILES string of the molecule is COc1cccc(/C=N\n2c(COc3ccccc3)nnc2SC)c1OC. The highest BCUT2D eigenvalue weighted by atomic mass is 32.2. The van der Waals surface area contributed by atoms with Crippen LogP contribution in [0.25, 0.3) is 0 Å². The quantitative estimate of drug-likeness (QED) is 0.437. The van der Waals surface area contributed by atoms with Crippen molar-refractivity contribution in [1.82, 2.24) is 14.9 Å². The van der Waals surface area contributed by atoms with Crippen LogP contribution in [0.2, 0.25) is 0 Å². The van der Waals surface area contributed by atoms with Gasteiger partial charge in [-0.3, -0.25) is 0 Å². The highest BCUT2D eigenvalue weighted by molar-refractivity contribution is 7.98. The molecule has 7 nitrogen and oxygen atoms in total. The van der Waals surface area contributed by atoms with Crippen molar-refractivity contribution in [2.75, 3.05) is 20.5 Å². The molecule has 3 aromatic rings. The zero-order chi connectivity index (χ0) is 19.1. The first-order valence-corrected chi connectivity index (χ1v) is 9.40. The summed E-state index contributed by atoms with van der Waals surface area (Å²) in [7, 11) is 3.20. The van der Waals surface area contributed by atoms with E-state index in [9.17, 15) is 0 Å². The molecule has 0 atom stereocenters. The Hall–Kier alpha value is -3.00. The minimum absolute atomic E-state index is 0.254. The van der Waals surface area contributed by atoms with Crippen molar-refractivity contribution in [2.24, 2.45) is 5.10 Å². The van der Waals surface area contributed by atoms with Gasteiger partial charge in [0.15, 0.2) is 17.3 Å². The molecule has 140 valence electrons. The van der Waals surface area contributed by atoms with Crippen LogP contribution in [0.1, 0.15) is 11.4 Å². The number of hydrogen-bond donors (Lipinski definition) is 0. The number of nitrogens with zero attached hydrogens (tertiary/aromatic N) is 4. The molecule has 3 rings (SSSR count). The van der Waals surface area contributed by atoms with Crippen LogP contribution >= 0.6 is 11.8 Å². The van der Waals surface area contributed by atoms with Crippen LogP contribution in [0, 0.1) is 0 Å². The maximum Gasteiger partial charge on any atom is 0.211 e. The van der Waals surface area contributed by atoms with Crippen LogP contribution in [0.3, 0.4) is 0 Å². The molecule has 0 aliphatic heterocycles. The molecule has 0 unspecified atom stereocenters. The topological polar surface area (TPSA) is 70.8 Å². The Kier molecular flexibility index (Phi) is 6.32. The molecule has 0 aliphatic rings. The van der Waals surface area contributed by atoms with E-state index in [4.69, 9.17) is 14.2 Å². The van der Waals surface area contributed by atoms with Crippen molar-refractivity contribution in [1.29, 1.82) is 0 Å². The number of methoxy groups -OCH3 is 2. The maximum atomic E-state index is 5.77. The average molecular weight is 384 g/mol. The summed E-state index contributed by atoms with van der Waals surface area (Å²) in [5.41, 5.74) is 0.785. The molecule has 0 aliphatic carbocycles. The first-order valence-electron chi connectivity index (χ1n) is 8.18. The third-order valence-electron chi connectivity index (χ3n) is 3.72. The van der Waals surface area contributed by atoms with E-state index in [0.29, 0.717) is 22.5 Å². The molecule has 0 N–H and O–H groups in total. The van der Waals surface area contributed by atoms with Gasteiger partial charge in [0.1, 0.15) is 12.4 Å². The molecule has 0 amide bonds. The minimum Gasteiger partial charge on any atom is -0.493 e. The van der Waals surface area contributed by atoms with E-state index in [1.807, 2.05) is 54.8 Å². The zero-order valence-electron chi connectivity index (χ0n) is 15.3. The fraction of sp³-hybridized carbons (Fsp3) is 0.211. The summed E-state index contributed by atoms with van der Waals surface area (Å²) in [6.45, 7) is 0.254. The predicted molar refractivity (Wildman–Crippen MR) is 105 cm³/mol. The number of rotatable bonds is 8. The normalized spacial score (nSPS) is 10.9. The van der Waals surface area contributed by atoms with Crippen LogP contribution in [0.15, 0.2) is 58.8 Å². The molecule has 0 saturated heterocycles. The Morgan fingerprint density at radius 1 is 1.04 bits per heavy atom. The van der Waals surface area contributed by atoms with Gasteiger partial charge in [0.05, 0.1) is 20.4 Å². The number of aromatic nitrogens is 3. The van der Waals surface area contributed by atoms with Crippen molar-refractivity contribution in [2.45, 2.75) is 11.8 Å². The average Bonchev–Trinajstić information content (AvgIpc) is 3.12. The smallest absolute Gasteiger partial charge is 0.211 e. The summed E-state index contributed by atoms with van der Waals surface area (Å²) in [6.07, 6.45) is 3.61. The van der Waals surface area contributed by atoms with Crippen molar-refractivity contribution in [3.8, 4) is 17.2 Å². The van der Waals surface area contributed by atoms with Crippen LogP contribution in [0.5, 0.6) is 17.2 Å². The number of hydrogen-bond acceptors (Lipinski definition) is 7. The highest BCUT2D eigenvalue weighted by Crippen LogP contribution is 2.29. The highest BCUT2D eigenvalue weighted by Gasteiger charge is 2.12.